The van der Waals surface area contributed by atoms with Gasteiger partial charge in [-0.25, -0.2) is 4.98 Å². The predicted octanol–water partition coefficient (Wildman–Crippen LogP) is 2.41. The van der Waals surface area contributed by atoms with Gasteiger partial charge in [-0.1, -0.05) is 0 Å². The van der Waals surface area contributed by atoms with Gasteiger partial charge in [-0.15, -0.1) is 11.3 Å². The third-order valence-corrected chi connectivity index (χ3v) is 4.02. The number of hydrogen-bond acceptors (Lipinski definition) is 5. The molecule has 0 spiro atoms. The Bertz CT molecular complexity index is 639. The maximum atomic E-state index is 11.8. The van der Waals surface area contributed by atoms with Gasteiger partial charge in [0.05, 0.1) is 0 Å². The van der Waals surface area contributed by atoms with Gasteiger partial charge in [0.25, 0.3) is 0 Å². The van der Waals surface area contributed by atoms with Crippen LogP contribution in [0, 0.1) is 16.0 Å². The van der Waals surface area contributed by atoms with Crippen LogP contribution in [-0.2, 0) is 4.79 Å². The zero-order chi connectivity index (χ0) is 14.1. The fourth-order valence-electron chi connectivity index (χ4n) is 1.99. The summed E-state index contributed by atoms with van der Waals surface area (Å²) in [4.78, 5) is 26.1. The second-order valence-corrected chi connectivity index (χ2v) is 5.49. The SMILES string of the molecule is O=C(Nc1ccc(-c2nccs2)cc1)C1CC1[N+](=O)[O-]. The van der Waals surface area contributed by atoms with Crippen LogP contribution in [0.25, 0.3) is 10.6 Å². The average Bonchev–Trinajstić information content (AvgIpc) is 3.07. The minimum Gasteiger partial charge on any atom is -0.326 e. The molecule has 0 bridgehead atoms. The van der Waals surface area contributed by atoms with E-state index in [1.807, 2.05) is 17.5 Å². The minimum atomic E-state index is -0.718. The van der Waals surface area contributed by atoms with Crippen molar-refractivity contribution in [1.29, 1.82) is 0 Å². The molecular weight excluding hydrogens is 278 g/mol. The molecular formula is C13H11N3O3S. The summed E-state index contributed by atoms with van der Waals surface area (Å²) in [5, 5.41) is 16.0. The maximum Gasteiger partial charge on any atom is 0.234 e. The van der Waals surface area contributed by atoms with Crippen LogP contribution in [0.3, 0.4) is 0 Å². The zero-order valence-corrected chi connectivity index (χ0v) is 11.2. The van der Waals surface area contributed by atoms with Crippen molar-refractivity contribution in [2.45, 2.75) is 12.5 Å². The monoisotopic (exact) mass is 289 g/mol. The molecule has 0 saturated heterocycles. The van der Waals surface area contributed by atoms with Crippen molar-refractivity contribution in [1.82, 2.24) is 4.98 Å². The molecule has 2 atom stereocenters. The Labute approximate surface area is 118 Å². The van der Waals surface area contributed by atoms with E-state index in [9.17, 15) is 14.9 Å². The van der Waals surface area contributed by atoms with Crippen molar-refractivity contribution >= 4 is 22.9 Å². The van der Waals surface area contributed by atoms with E-state index < -0.39 is 16.9 Å². The first-order chi connectivity index (χ1) is 9.65. The highest BCUT2D eigenvalue weighted by atomic mass is 32.1. The number of nitrogens with zero attached hydrogens (tertiary/aromatic N) is 2. The fourth-order valence-corrected chi connectivity index (χ4v) is 2.64. The number of hydrogen-bond donors (Lipinski definition) is 1. The lowest BCUT2D eigenvalue weighted by Crippen LogP contribution is -2.18. The van der Waals surface area contributed by atoms with Gasteiger partial charge in [-0.3, -0.25) is 14.9 Å². The summed E-state index contributed by atoms with van der Waals surface area (Å²) in [6, 6.07) is 6.57. The Kier molecular flexibility index (Phi) is 3.19. The Morgan fingerprint density at radius 2 is 2.15 bits per heavy atom. The molecule has 1 saturated carbocycles. The van der Waals surface area contributed by atoms with Crippen molar-refractivity contribution in [3.05, 3.63) is 46.0 Å². The molecule has 2 unspecified atom stereocenters. The summed E-state index contributed by atoms with van der Waals surface area (Å²) < 4.78 is 0. The van der Waals surface area contributed by atoms with Crippen LogP contribution in [0.5, 0.6) is 0 Å². The second kappa shape index (κ2) is 5.01. The number of carbonyl (C=O) groups is 1. The summed E-state index contributed by atoms with van der Waals surface area (Å²) in [5.41, 5.74) is 1.62. The number of benzene rings is 1. The molecule has 7 heteroatoms. The standard InChI is InChI=1S/C13H11N3O3S/c17-12(10-7-11(10)16(18)19)15-9-3-1-8(2-4-9)13-14-5-6-20-13/h1-6,10-11H,7H2,(H,15,17). The summed E-state index contributed by atoms with van der Waals surface area (Å²) in [5.74, 6) is -0.780. The van der Waals surface area contributed by atoms with Crippen molar-refractivity contribution in [2.24, 2.45) is 5.92 Å². The van der Waals surface area contributed by atoms with Crippen LogP contribution >= 0.6 is 11.3 Å². The predicted molar refractivity (Wildman–Crippen MR) is 75.1 cm³/mol. The van der Waals surface area contributed by atoms with Crippen molar-refractivity contribution in [3.63, 3.8) is 0 Å². The number of thiazole rings is 1. The molecule has 1 aromatic carbocycles. The Hall–Kier alpha value is -2.28. The lowest BCUT2D eigenvalue weighted by Gasteiger charge is -2.04. The summed E-state index contributed by atoms with van der Waals surface area (Å²) >= 11 is 1.54. The Balaban J connectivity index is 1.64. The van der Waals surface area contributed by atoms with Crippen LogP contribution in [-0.4, -0.2) is 21.9 Å². The highest BCUT2D eigenvalue weighted by molar-refractivity contribution is 7.13. The van der Waals surface area contributed by atoms with Crippen LogP contribution in [0.1, 0.15) is 6.42 Å². The Morgan fingerprint density at radius 3 is 2.70 bits per heavy atom. The van der Waals surface area contributed by atoms with E-state index in [0.717, 1.165) is 10.6 Å². The lowest BCUT2D eigenvalue weighted by atomic mass is 10.2. The van der Waals surface area contributed by atoms with E-state index in [2.05, 4.69) is 10.3 Å². The van der Waals surface area contributed by atoms with Gasteiger partial charge in [0, 0.05) is 34.2 Å². The Morgan fingerprint density at radius 1 is 1.40 bits per heavy atom. The number of nitro groups is 1. The topological polar surface area (TPSA) is 85.1 Å². The quantitative estimate of drug-likeness (QED) is 0.692. The molecule has 0 aliphatic heterocycles. The zero-order valence-electron chi connectivity index (χ0n) is 10.4. The van der Waals surface area contributed by atoms with E-state index in [0.29, 0.717) is 12.1 Å². The molecule has 1 fully saturated rings. The van der Waals surface area contributed by atoms with E-state index >= 15 is 0 Å². The summed E-state index contributed by atoms with van der Waals surface area (Å²) in [7, 11) is 0. The molecule has 2 aromatic rings. The molecule has 102 valence electrons. The molecule has 1 N–H and O–H groups in total. The van der Waals surface area contributed by atoms with Crippen LogP contribution in [0.15, 0.2) is 35.8 Å². The molecule has 1 amide bonds. The van der Waals surface area contributed by atoms with E-state index in [4.69, 9.17) is 0 Å². The normalized spacial score (nSPS) is 20.4. The molecule has 1 aromatic heterocycles. The lowest BCUT2D eigenvalue weighted by molar-refractivity contribution is -0.497. The largest absolute Gasteiger partial charge is 0.326 e. The van der Waals surface area contributed by atoms with Gasteiger partial charge in [0.2, 0.25) is 11.9 Å². The number of carbonyl (C=O) groups excluding carboxylic acids is 1. The van der Waals surface area contributed by atoms with Crippen LogP contribution < -0.4 is 5.32 Å². The van der Waals surface area contributed by atoms with Gasteiger partial charge in [-0.05, 0) is 24.3 Å². The third kappa shape index (κ3) is 2.53. The third-order valence-electron chi connectivity index (χ3n) is 3.20. The molecule has 1 aliphatic carbocycles. The number of anilines is 1. The van der Waals surface area contributed by atoms with E-state index in [1.165, 1.54) is 0 Å². The van der Waals surface area contributed by atoms with Gasteiger partial charge < -0.3 is 5.32 Å². The highest BCUT2D eigenvalue weighted by Gasteiger charge is 2.53. The highest BCUT2D eigenvalue weighted by Crippen LogP contribution is 2.34. The number of rotatable bonds is 4. The summed E-state index contributed by atoms with van der Waals surface area (Å²) in [6.07, 6.45) is 2.07. The number of amides is 1. The second-order valence-electron chi connectivity index (χ2n) is 4.60. The number of aromatic nitrogens is 1. The van der Waals surface area contributed by atoms with Crippen LogP contribution in [0.4, 0.5) is 5.69 Å². The van der Waals surface area contributed by atoms with E-state index in [-0.39, 0.29) is 5.91 Å². The van der Waals surface area contributed by atoms with Gasteiger partial charge >= 0.3 is 0 Å². The first kappa shape index (κ1) is 12.7. The van der Waals surface area contributed by atoms with Gasteiger partial charge in [-0.2, -0.15) is 0 Å². The minimum absolute atomic E-state index is 0.284. The van der Waals surface area contributed by atoms with E-state index in [1.54, 1.807) is 29.7 Å². The maximum absolute atomic E-state index is 11.8. The molecule has 0 radical (unpaired) electrons. The van der Waals surface area contributed by atoms with Crippen molar-refractivity contribution in [3.8, 4) is 10.6 Å². The fraction of sp³-hybridized carbons (Fsp3) is 0.231. The molecule has 6 nitrogen and oxygen atoms in total. The summed E-state index contributed by atoms with van der Waals surface area (Å²) in [6.45, 7) is 0. The molecule has 3 rings (SSSR count). The van der Waals surface area contributed by atoms with Gasteiger partial charge in [0.1, 0.15) is 10.9 Å². The van der Waals surface area contributed by atoms with Crippen molar-refractivity contribution < 1.29 is 9.72 Å². The smallest absolute Gasteiger partial charge is 0.234 e. The molecule has 1 aliphatic rings. The molecule has 20 heavy (non-hydrogen) atoms. The number of nitrogens with one attached hydrogen (secondary N) is 1. The van der Waals surface area contributed by atoms with Crippen LogP contribution in [0.2, 0.25) is 0 Å². The average molecular weight is 289 g/mol. The van der Waals surface area contributed by atoms with Crippen molar-refractivity contribution in [2.75, 3.05) is 5.32 Å². The molecule has 1 heterocycles. The first-order valence-electron chi connectivity index (χ1n) is 6.09. The van der Waals surface area contributed by atoms with Gasteiger partial charge in [0.15, 0.2) is 0 Å². The first-order valence-corrected chi connectivity index (χ1v) is 6.97.